The van der Waals surface area contributed by atoms with Crippen molar-refractivity contribution in [3.8, 4) is 0 Å². The largest absolute Gasteiger partial charge is 0.293 e. The first-order valence-electron chi connectivity index (χ1n) is 9.67. The molecular formula is C20H23N7. The molecule has 3 atom stereocenters. The van der Waals surface area contributed by atoms with Crippen molar-refractivity contribution in [2.75, 3.05) is 6.54 Å². The second-order valence-corrected chi connectivity index (χ2v) is 7.43. The van der Waals surface area contributed by atoms with Gasteiger partial charge in [-0.05, 0) is 55.6 Å². The van der Waals surface area contributed by atoms with E-state index in [1.165, 1.54) is 12.8 Å². The number of amidine groups is 1. The van der Waals surface area contributed by atoms with Crippen molar-refractivity contribution in [3.63, 3.8) is 0 Å². The molecule has 4 aliphatic rings. The van der Waals surface area contributed by atoms with Gasteiger partial charge in [0.15, 0.2) is 5.84 Å². The van der Waals surface area contributed by atoms with Gasteiger partial charge in [0.1, 0.15) is 11.4 Å². The van der Waals surface area contributed by atoms with Crippen molar-refractivity contribution >= 4 is 17.7 Å². The van der Waals surface area contributed by atoms with E-state index in [2.05, 4.69) is 56.6 Å². The third-order valence-corrected chi connectivity index (χ3v) is 5.68. The highest BCUT2D eigenvalue weighted by Crippen LogP contribution is 2.34. The van der Waals surface area contributed by atoms with Gasteiger partial charge in [0, 0.05) is 31.1 Å². The number of fused-ring (bicyclic) bond motifs is 2. The van der Waals surface area contributed by atoms with Crippen LogP contribution in [0.1, 0.15) is 31.7 Å². The average Bonchev–Trinajstić information content (AvgIpc) is 3.35. The van der Waals surface area contributed by atoms with E-state index in [0.717, 1.165) is 42.3 Å². The molecule has 0 aromatic carbocycles. The number of hydrazine groups is 2. The van der Waals surface area contributed by atoms with Crippen LogP contribution in [-0.4, -0.2) is 39.4 Å². The predicted molar refractivity (Wildman–Crippen MR) is 105 cm³/mol. The number of rotatable bonds is 4. The lowest BCUT2D eigenvalue weighted by molar-refractivity contribution is 0.195. The maximum Gasteiger partial charge on any atom is 0.179 e. The highest BCUT2D eigenvalue weighted by Gasteiger charge is 2.33. The van der Waals surface area contributed by atoms with E-state index >= 15 is 0 Å². The molecule has 1 aromatic rings. The number of hydrogen-bond acceptors (Lipinski definition) is 6. The van der Waals surface area contributed by atoms with E-state index < -0.39 is 0 Å². The second-order valence-electron chi connectivity index (χ2n) is 7.43. The van der Waals surface area contributed by atoms with Gasteiger partial charge in [-0.3, -0.25) is 20.1 Å². The van der Waals surface area contributed by atoms with Gasteiger partial charge in [0.25, 0.3) is 0 Å². The molecule has 27 heavy (non-hydrogen) atoms. The fraction of sp³-hybridized carbons (Fsp3) is 0.450. The maximum absolute atomic E-state index is 4.82. The fourth-order valence-corrected chi connectivity index (χ4v) is 4.20. The normalized spacial score (nSPS) is 28.3. The number of aryl methyl sites for hydroxylation is 1. The molecule has 7 nitrogen and oxygen atoms in total. The molecule has 7 heteroatoms. The molecule has 5 rings (SSSR count). The van der Waals surface area contributed by atoms with E-state index in [4.69, 9.17) is 4.99 Å². The van der Waals surface area contributed by atoms with Crippen LogP contribution in [0.5, 0.6) is 0 Å². The second kappa shape index (κ2) is 6.71. The maximum atomic E-state index is 4.82. The van der Waals surface area contributed by atoms with Gasteiger partial charge in [-0.2, -0.15) is 5.10 Å². The van der Waals surface area contributed by atoms with Crippen molar-refractivity contribution in [2.45, 2.75) is 38.8 Å². The topological polar surface area (TPSA) is 69.8 Å². The van der Waals surface area contributed by atoms with Gasteiger partial charge >= 0.3 is 0 Å². The number of nitrogens with zero attached hydrogens (tertiary/aromatic N) is 5. The molecule has 1 aromatic heterocycles. The molecule has 1 saturated carbocycles. The molecule has 4 heterocycles. The summed E-state index contributed by atoms with van der Waals surface area (Å²) in [5, 5.41) is 6.44. The van der Waals surface area contributed by atoms with E-state index in [-0.39, 0.29) is 0 Å². The fourth-order valence-electron chi connectivity index (χ4n) is 4.20. The Morgan fingerprint density at radius 2 is 2.26 bits per heavy atom. The van der Waals surface area contributed by atoms with Crippen LogP contribution in [0.4, 0.5) is 0 Å². The molecule has 3 aliphatic heterocycles. The molecule has 0 radical (unpaired) electrons. The minimum Gasteiger partial charge on any atom is -0.293 e. The minimum atomic E-state index is 0.478. The van der Waals surface area contributed by atoms with Crippen LogP contribution in [0.15, 0.2) is 51.7 Å². The number of hydrogen-bond donors (Lipinski definition) is 2. The van der Waals surface area contributed by atoms with Crippen molar-refractivity contribution in [2.24, 2.45) is 21.8 Å². The van der Waals surface area contributed by atoms with Gasteiger partial charge in [-0.15, -0.1) is 5.53 Å². The van der Waals surface area contributed by atoms with E-state index in [9.17, 15) is 0 Å². The van der Waals surface area contributed by atoms with Gasteiger partial charge < -0.3 is 0 Å². The Morgan fingerprint density at radius 1 is 1.30 bits per heavy atom. The highest BCUT2D eigenvalue weighted by molar-refractivity contribution is 6.02. The van der Waals surface area contributed by atoms with Crippen LogP contribution in [-0.2, 0) is 6.54 Å². The number of aromatic nitrogens is 2. The number of allylic oxidation sites excluding steroid dienone is 1. The summed E-state index contributed by atoms with van der Waals surface area (Å²) in [6, 6.07) is 0.478. The molecule has 2 fully saturated rings. The van der Waals surface area contributed by atoms with Crippen molar-refractivity contribution in [1.29, 1.82) is 0 Å². The lowest BCUT2D eigenvalue weighted by atomic mass is 9.77. The predicted octanol–water partition coefficient (Wildman–Crippen LogP) is 2.04. The first kappa shape index (κ1) is 16.3. The first-order valence-corrected chi connectivity index (χ1v) is 9.67. The first-order chi connectivity index (χ1) is 13.3. The Kier molecular flexibility index (Phi) is 4.06. The third kappa shape index (κ3) is 3.06. The smallest absolute Gasteiger partial charge is 0.179 e. The van der Waals surface area contributed by atoms with Gasteiger partial charge in [-0.25, -0.2) is 4.99 Å². The molecule has 1 aliphatic carbocycles. The Bertz CT molecular complexity index is 937. The highest BCUT2D eigenvalue weighted by atomic mass is 15.7. The van der Waals surface area contributed by atoms with Crippen LogP contribution in [0.2, 0.25) is 0 Å². The van der Waals surface area contributed by atoms with Gasteiger partial charge in [0.2, 0.25) is 0 Å². The Labute approximate surface area is 158 Å². The standard InChI is InChI=1S/C20H23N7/c1-2-26-13-16(11-22-26)18-7-8-19-20(23-18)27(25-24-19)12-14-5-6-17-15(10-14)4-3-9-21-17/h3-4,9,11,13-15,17,24-25H,2,5-6,10,12H2,1H3/t14?,15-,17?/m1/s1. The van der Waals surface area contributed by atoms with E-state index in [1.807, 2.05) is 23.3 Å². The molecule has 0 amide bonds. The molecule has 2 unspecified atom stereocenters. The summed E-state index contributed by atoms with van der Waals surface area (Å²) in [7, 11) is 0. The molecule has 2 N–H and O–H groups in total. The monoisotopic (exact) mass is 361 g/mol. The number of dihydropyridines is 1. The van der Waals surface area contributed by atoms with E-state index in [0.29, 0.717) is 17.9 Å². The molecule has 0 bridgehead atoms. The summed E-state index contributed by atoms with van der Waals surface area (Å²) in [4.78, 5) is 9.45. The van der Waals surface area contributed by atoms with E-state index in [1.54, 1.807) is 0 Å². The minimum absolute atomic E-state index is 0.478. The SMILES string of the molecule is CCn1cc(C2=C=C=C3NNN(CC4CCC5N=CC=C[C@@H]5C4)C3=N2)cn1. The molecule has 0 spiro atoms. The summed E-state index contributed by atoms with van der Waals surface area (Å²) in [5.41, 5.74) is 15.3. The Hall–Kier alpha value is -2.85. The summed E-state index contributed by atoms with van der Waals surface area (Å²) < 4.78 is 1.89. The Balaban J connectivity index is 1.31. The molecule has 1 saturated heterocycles. The Morgan fingerprint density at radius 3 is 3.15 bits per heavy atom. The average molecular weight is 361 g/mol. The quantitative estimate of drug-likeness (QED) is 0.806. The summed E-state index contributed by atoms with van der Waals surface area (Å²) >= 11 is 0. The summed E-state index contributed by atoms with van der Waals surface area (Å²) in [6.45, 7) is 3.82. The van der Waals surface area contributed by atoms with Gasteiger partial charge in [-0.1, -0.05) is 6.08 Å². The molecule has 138 valence electrons. The van der Waals surface area contributed by atoms with Crippen LogP contribution < -0.4 is 11.0 Å². The van der Waals surface area contributed by atoms with Crippen molar-refractivity contribution in [3.05, 3.63) is 47.3 Å². The van der Waals surface area contributed by atoms with Crippen molar-refractivity contribution in [1.82, 2.24) is 25.7 Å². The zero-order valence-corrected chi connectivity index (χ0v) is 15.4. The zero-order valence-electron chi connectivity index (χ0n) is 15.4. The third-order valence-electron chi connectivity index (χ3n) is 5.68. The number of nitrogens with one attached hydrogen (secondary N) is 2. The summed E-state index contributed by atoms with van der Waals surface area (Å²) in [6.07, 6.45) is 13.7. The van der Waals surface area contributed by atoms with Gasteiger partial charge in [0.05, 0.1) is 12.2 Å². The van der Waals surface area contributed by atoms with Crippen molar-refractivity contribution < 1.29 is 0 Å². The summed E-state index contributed by atoms with van der Waals surface area (Å²) in [5.74, 6) is 2.07. The lowest BCUT2D eigenvalue weighted by Gasteiger charge is -2.35. The number of aliphatic imine (C=N–C) groups is 2. The lowest BCUT2D eigenvalue weighted by Crippen LogP contribution is -2.43. The molecular weight excluding hydrogens is 338 g/mol. The van der Waals surface area contributed by atoms with Crippen LogP contribution >= 0.6 is 0 Å². The van der Waals surface area contributed by atoms with Crippen LogP contribution in [0, 0.1) is 11.8 Å². The zero-order chi connectivity index (χ0) is 18.2. The van der Waals surface area contributed by atoms with Crippen LogP contribution in [0.3, 0.4) is 0 Å². The van der Waals surface area contributed by atoms with Crippen LogP contribution in [0.25, 0.3) is 5.70 Å².